The molecule has 3 heterocycles. The van der Waals surface area contributed by atoms with Crippen LogP contribution in [0.1, 0.15) is 16.8 Å². The van der Waals surface area contributed by atoms with Gasteiger partial charge in [0.1, 0.15) is 5.65 Å². The zero-order valence-corrected chi connectivity index (χ0v) is 15.4. The van der Waals surface area contributed by atoms with E-state index in [0.717, 1.165) is 16.5 Å². The maximum absolute atomic E-state index is 12.2. The quantitative estimate of drug-likeness (QED) is 0.518. The summed E-state index contributed by atoms with van der Waals surface area (Å²) in [6.45, 7) is 4.22. The van der Waals surface area contributed by atoms with Crippen LogP contribution in [0.15, 0.2) is 71.0 Å². The minimum atomic E-state index is -0.0657. The van der Waals surface area contributed by atoms with E-state index in [1.165, 1.54) is 11.1 Å². The topological polar surface area (TPSA) is 52.2 Å². The Balaban J connectivity index is 1.63. The molecular formula is C20H18N4OS. The van der Waals surface area contributed by atoms with E-state index in [0.29, 0.717) is 11.4 Å². The Morgan fingerprint density at radius 1 is 1.08 bits per heavy atom. The summed E-state index contributed by atoms with van der Waals surface area (Å²) >= 11 is 1.57. The van der Waals surface area contributed by atoms with Crippen LogP contribution in [0.2, 0.25) is 0 Å². The molecule has 0 N–H and O–H groups in total. The Labute approximate surface area is 155 Å². The number of nitrogens with zero attached hydrogens (tertiary/aromatic N) is 4. The van der Waals surface area contributed by atoms with E-state index in [2.05, 4.69) is 46.6 Å². The van der Waals surface area contributed by atoms with Gasteiger partial charge in [-0.05, 0) is 43.2 Å². The number of benzene rings is 1. The van der Waals surface area contributed by atoms with Crippen molar-refractivity contribution in [2.24, 2.45) is 0 Å². The Bertz CT molecular complexity index is 1150. The minimum Gasteiger partial charge on any atom is -0.295 e. The number of rotatable bonds is 4. The lowest BCUT2D eigenvalue weighted by Crippen LogP contribution is -2.14. The number of fused-ring (bicyclic) bond motifs is 1. The molecule has 0 saturated carbocycles. The zero-order chi connectivity index (χ0) is 18.1. The lowest BCUT2D eigenvalue weighted by atomic mass is 10.1. The first-order chi connectivity index (χ1) is 12.6. The van der Waals surface area contributed by atoms with Crippen LogP contribution in [-0.4, -0.2) is 18.9 Å². The van der Waals surface area contributed by atoms with Crippen molar-refractivity contribution in [2.75, 3.05) is 0 Å². The summed E-state index contributed by atoms with van der Waals surface area (Å²) in [6.07, 6.45) is 5.49. The van der Waals surface area contributed by atoms with Gasteiger partial charge >= 0.3 is 0 Å². The van der Waals surface area contributed by atoms with Crippen LogP contribution in [-0.2, 0) is 5.75 Å². The second-order valence-electron chi connectivity index (χ2n) is 6.10. The molecule has 0 radical (unpaired) electrons. The number of thioether (sulfide) groups is 1. The summed E-state index contributed by atoms with van der Waals surface area (Å²) in [5.74, 6) is 0.586. The highest BCUT2D eigenvalue weighted by molar-refractivity contribution is 7.98. The van der Waals surface area contributed by atoms with E-state index in [4.69, 9.17) is 0 Å². The predicted molar refractivity (Wildman–Crippen MR) is 104 cm³/mol. The van der Waals surface area contributed by atoms with Gasteiger partial charge in [-0.1, -0.05) is 30.0 Å². The smallest absolute Gasteiger partial charge is 0.258 e. The Kier molecular flexibility index (Phi) is 4.34. The summed E-state index contributed by atoms with van der Waals surface area (Å²) in [4.78, 5) is 21.3. The molecule has 0 amide bonds. The van der Waals surface area contributed by atoms with Gasteiger partial charge in [-0.25, -0.2) is 9.97 Å². The molecule has 0 aliphatic carbocycles. The number of aryl methyl sites for hydroxylation is 1. The van der Waals surface area contributed by atoms with Gasteiger partial charge in [0, 0.05) is 30.4 Å². The zero-order valence-electron chi connectivity index (χ0n) is 14.6. The van der Waals surface area contributed by atoms with Crippen molar-refractivity contribution < 1.29 is 0 Å². The Morgan fingerprint density at radius 3 is 2.85 bits per heavy atom. The van der Waals surface area contributed by atoms with Crippen molar-refractivity contribution in [2.45, 2.75) is 24.8 Å². The standard InChI is InChI=1S/C20H18N4OS/c1-14-6-5-7-17(15(14)2)23-11-9-21-20(23)26-13-16-12-19(25)24-10-4-3-8-18(24)22-16/h3-12H,13H2,1-2H3. The van der Waals surface area contributed by atoms with Crippen LogP contribution in [0.5, 0.6) is 0 Å². The van der Waals surface area contributed by atoms with Crippen LogP contribution in [0, 0.1) is 13.8 Å². The van der Waals surface area contributed by atoms with Gasteiger partial charge in [0.2, 0.25) is 0 Å². The van der Waals surface area contributed by atoms with Crippen LogP contribution < -0.4 is 5.56 Å². The van der Waals surface area contributed by atoms with Gasteiger partial charge in [0.15, 0.2) is 5.16 Å². The lowest BCUT2D eigenvalue weighted by Gasteiger charge is -2.12. The average molecular weight is 362 g/mol. The van der Waals surface area contributed by atoms with Crippen molar-refractivity contribution in [3.63, 3.8) is 0 Å². The summed E-state index contributed by atoms with van der Waals surface area (Å²) in [6, 6.07) is 13.4. The molecule has 4 aromatic rings. The third kappa shape index (κ3) is 3.04. The maximum atomic E-state index is 12.2. The highest BCUT2D eigenvalue weighted by Crippen LogP contribution is 2.26. The molecule has 0 spiro atoms. The molecule has 0 unspecified atom stereocenters. The number of hydrogen-bond donors (Lipinski definition) is 0. The van der Waals surface area contributed by atoms with Gasteiger partial charge in [-0.15, -0.1) is 0 Å². The van der Waals surface area contributed by atoms with Crippen molar-refractivity contribution in [3.05, 3.63) is 88.2 Å². The van der Waals surface area contributed by atoms with Gasteiger partial charge in [-0.3, -0.25) is 13.8 Å². The number of pyridine rings is 1. The van der Waals surface area contributed by atoms with E-state index in [1.807, 2.05) is 24.4 Å². The third-order valence-electron chi connectivity index (χ3n) is 4.42. The molecule has 0 bridgehead atoms. The highest BCUT2D eigenvalue weighted by Gasteiger charge is 2.10. The molecule has 4 rings (SSSR count). The second-order valence-corrected chi connectivity index (χ2v) is 7.04. The van der Waals surface area contributed by atoms with Crippen LogP contribution in [0.25, 0.3) is 11.3 Å². The molecule has 0 fully saturated rings. The van der Waals surface area contributed by atoms with Gasteiger partial charge in [0.05, 0.1) is 11.4 Å². The summed E-state index contributed by atoms with van der Waals surface area (Å²) < 4.78 is 3.63. The maximum Gasteiger partial charge on any atom is 0.258 e. The first-order valence-corrected chi connectivity index (χ1v) is 9.32. The van der Waals surface area contributed by atoms with Gasteiger partial charge in [-0.2, -0.15) is 0 Å². The first kappa shape index (κ1) is 16.6. The summed E-state index contributed by atoms with van der Waals surface area (Å²) in [5.41, 5.74) is 4.95. The first-order valence-electron chi connectivity index (χ1n) is 8.33. The molecule has 6 heteroatoms. The van der Waals surface area contributed by atoms with E-state index in [9.17, 15) is 4.79 Å². The van der Waals surface area contributed by atoms with Crippen molar-refractivity contribution in [1.29, 1.82) is 0 Å². The fraction of sp³-hybridized carbons (Fsp3) is 0.150. The van der Waals surface area contributed by atoms with E-state index >= 15 is 0 Å². The molecule has 3 aromatic heterocycles. The molecule has 5 nitrogen and oxygen atoms in total. The monoisotopic (exact) mass is 362 g/mol. The SMILES string of the molecule is Cc1cccc(-n2ccnc2SCc2cc(=O)n3ccccc3n2)c1C. The number of hydrogen-bond acceptors (Lipinski definition) is 4. The van der Waals surface area contributed by atoms with E-state index in [-0.39, 0.29) is 5.56 Å². The molecular weight excluding hydrogens is 344 g/mol. The molecule has 0 aliphatic rings. The molecule has 26 heavy (non-hydrogen) atoms. The van der Waals surface area contributed by atoms with Crippen LogP contribution in [0.4, 0.5) is 0 Å². The second kappa shape index (κ2) is 6.80. The minimum absolute atomic E-state index is 0.0657. The van der Waals surface area contributed by atoms with Crippen molar-refractivity contribution >= 4 is 17.4 Å². The van der Waals surface area contributed by atoms with Crippen LogP contribution in [0.3, 0.4) is 0 Å². The average Bonchev–Trinajstić information content (AvgIpc) is 3.11. The van der Waals surface area contributed by atoms with Crippen molar-refractivity contribution in [3.8, 4) is 5.69 Å². The molecule has 0 saturated heterocycles. The predicted octanol–water partition coefficient (Wildman–Crippen LogP) is 3.79. The summed E-state index contributed by atoms with van der Waals surface area (Å²) in [7, 11) is 0. The fourth-order valence-corrected chi connectivity index (χ4v) is 3.75. The molecule has 0 atom stereocenters. The molecule has 0 aliphatic heterocycles. The normalized spacial score (nSPS) is 11.2. The van der Waals surface area contributed by atoms with Crippen molar-refractivity contribution in [1.82, 2.24) is 18.9 Å². The molecule has 1 aromatic carbocycles. The van der Waals surface area contributed by atoms with Gasteiger partial charge in [0.25, 0.3) is 5.56 Å². The Morgan fingerprint density at radius 2 is 1.96 bits per heavy atom. The van der Waals surface area contributed by atoms with Crippen LogP contribution >= 0.6 is 11.8 Å². The number of imidazole rings is 1. The summed E-state index contributed by atoms with van der Waals surface area (Å²) in [5, 5.41) is 0.883. The highest BCUT2D eigenvalue weighted by atomic mass is 32.2. The van der Waals surface area contributed by atoms with Gasteiger partial charge < -0.3 is 0 Å². The Hall–Kier alpha value is -2.86. The largest absolute Gasteiger partial charge is 0.295 e. The van der Waals surface area contributed by atoms with E-state index < -0.39 is 0 Å². The molecule has 130 valence electrons. The van der Waals surface area contributed by atoms with E-state index in [1.54, 1.807) is 34.6 Å². The lowest BCUT2D eigenvalue weighted by molar-refractivity contribution is 0.884. The fourth-order valence-electron chi connectivity index (χ4n) is 2.89. The number of aromatic nitrogens is 4. The third-order valence-corrected chi connectivity index (χ3v) is 5.42.